The number of esters is 1. The van der Waals surface area contributed by atoms with Gasteiger partial charge in [-0.15, -0.1) is 0 Å². The summed E-state index contributed by atoms with van der Waals surface area (Å²) in [6, 6.07) is 15.0. The number of para-hydroxylation sites is 1. The van der Waals surface area contributed by atoms with Gasteiger partial charge >= 0.3 is 5.97 Å². The largest absolute Gasteiger partial charge is 0.493 e. The van der Waals surface area contributed by atoms with Gasteiger partial charge in [-0.1, -0.05) is 42.8 Å². The molecule has 0 radical (unpaired) electrons. The van der Waals surface area contributed by atoms with Gasteiger partial charge in [-0.3, -0.25) is 0 Å². The third-order valence-electron chi connectivity index (χ3n) is 3.02. The minimum absolute atomic E-state index is 0.408. The standard InChI is InChI=1S/C19H20O3/c1-3-14-21-18-7-5-4-6-16(18)10-13-19(20)22-17-11-8-15(2)9-12-17/h4-13H,3,14H2,1-2H3/b13-10+. The van der Waals surface area contributed by atoms with Gasteiger partial charge in [0.25, 0.3) is 0 Å². The Bertz CT molecular complexity index is 642. The van der Waals surface area contributed by atoms with E-state index in [0.29, 0.717) is 12.4 Å². The maximum absolute atomic E-state index is 11.8. The van der Waals surface area contributed by atoms with Crippen molar-refractivity contribution in [3.63, 3.8) is 0 Å². The van der Waals surface area contributed by atoms with Gasteiger partial charge in [0.15, 0.2) is 0 Å². The van der Waals surface area contributed by atoms with Crippen LogP contribution in [0.2, 0.25) is 0 Å². The lowest BCUT2D eigenvalue weighted by atomic mass is 10.2. The van der Waals surface area contributed by atoms with Crippen molar-refractivity contribution in [2.24, 2.45) is 0 Å². The summed E-state index contributed by atoms with van der Waals surface area (Å²) in [5.41, 5.74) is 1.98. The molecular weight excluding hydrogens is 276 g/mol. The van der Waals surface area contributed by atoms with Crippen LogP contribution in [0.3, 0.4) is 0 Å². The van der Waals surface area contributed by atoms with E-state index >= 15 is 0 Å². The number of aryl methyl sites for hydroxylation is 1. The summed E-state index contributed by atoms with van der Waals surface area (Å²) < 4.78 is 10.9. The minimum Gasteiger partial charge on any atom is -0.493 e. The molecule has 2 aromatic rings. The van der Waals surface area contributed by atoms with Crippen LogP contribution < -0.4 is 9.47 Å². The fourth-order valence-electron chi connectivity index (χ4n) is 1.88. The Labute approximate surface area is 131 Å². The molecule has 2 aromatic carbocycles. The highest BCUT2D eigenvalue weighted by molar-refractivity contribution is 5.89. The first kappa shape index (κ1) is 15.8. The second kappa shape index (κ2) is 8.03. The van der Waals surface area contributed by atoms with Crippen LogP contribution in [0.25, 0.3) is 6.08 Å². The quantitative estimate of drug-likeness (QED) is 0.450. The Morgan fingerprint density at radius 2 is 1.82 bits per heavy atom. The molecule has 0 heterocycles. The summed E-state index contributed by atoms with van der Waals surface area (Å²) in [7, 11) is 0. The van der Waals surface area contributed by atoms with Gasteiger partial charge in [-0.25, -0.2) is 4.79 Å². The first-order chi connectivity index (χ1) is 10.7. The maximum Gasteiger partial charge on any atom is 0.336 e. The van der Waals surface area contributed by atoms with Crippen LogP contribution >= 0.6 is 0 Å². The summed E-state index contributed by atoms with van der Waals surface area (Å²) in [4.78, 5) is 11.8. The molecule has 3 heteroatoms. The van der Waals surface area contributed by atoms with Gasteiger partial charge < -0.3 is 9.47 Å². The van der Waals surface area contributed by atoms with Crippen molar-refractivity contribution in [2.75, 3.05) is 6.61 Å². The lowest BCUT2D eigenvalue weighted by molar-refractivity contribution is -0.128. The fraction of sp³-hybridized carbons (Fsp3) is 0.211. The molecule has 0 atom stereocenters. The zero-order valence-electron chi connectivity index (χ0n) is 12.9. The number of rotatable bonds is 6. The zero-order chi connectivity index (χ0) is 15.8. The van der Waals surface area contributed by atoms with Crippen LogP contribution in [-0.2, 0) is 4.79 Å². The summed E-state index contributed by atoms with van der Waals surface area (Å²) in [5, 5.41) is 0. The topological polar surface area (TPSA) is 35.5 Å². The second-order valence-corrected chi connectivity index (χ2v) is 4.95. The van der Waals surface area contributed by atoms with Crippen molar-refractivity contribution in [1.29, 1.82) is 0 Å². The molecule has 3 nitrogen and oxygen atoms in total. The monoisotopic (exact) mass is 296 g/mol. The highest BCUT2D eigenvalue weighted by Gasteiger charge is 2.02. The summed E-state index contributed by atoms with van der Waals surface area (Å²) in [6.45, 7) is 4.69. The molecule has 0 spiro atoms. The lowest BCUT2D eigenvalue weighted by Gasteiger charge is -2.07. The third kappa shape index (κ3) is 4.77. The van der Waals surface area contributed by atoms with Crippen molar-refractivity contribution >= 4 is 12.0 Å². The lowest BCUT2D eigenvalue weighted by Crippen LogP contribution is -2.03. The molecule has 0 amide bonds. The number of benzene rings is 2. The predicted molar refractivity (Wildman–Crippen MR) is 88.1 cm³/mol. The molecule has 0 aromatic heterocycles. The van der Waals surface area contributed by atoms with Crippen molar-refractivity contribution in [2.45, 2.75) is 20.3 Å². The van der Waals surface area contributed by atoms with Gasteiger partial charge in [0, 0.05) is 11.6 Å². The van der Waals surface area contributed by atoms with E-state index in [9.17, 15) is 4.79 Å². The molecular formula is C19H20O3. The van der Waals surface area contributed by atoms with Crippen LogP contribution in [0.1, 0.15) is 24.5 Å². The Morgan fingerprint density at radius 3 is 2.55 bits per heavy atom. The minimum atomic E-state index is -0.408. The molecule has 22 heavy (non-hydrogen) atoms. The molecule has 114 valence electrons. The number of hydrogen-bond acceptors (Lipinski definition) is 3. The first-order valence-electron chi connectivity index (χ1n) is 7.37. The normalized spacial score (nSPS) is 10.6. The maximum atomic E-state index is 11.8. The molecule has 0 unspecified atom stereocenters. The predicted octanol–water partition coefficient (Wildman–Crippen LogP) is 4.40. The van der Waals surface area contributed by atoms with E-state index < -0.39 is 5.97 Å². The van der Waals surface area contributed by atoms with Gasteiger partial charge in [0.2, 0.25) is 0 Å². The molecule has 0 saturated carbocycles. The van der Waals surface area contributed by atoms with Gasteiger partial charge in [0.05, 0.1) is 6.61 Å². The Balaban J connectivity index is 2.01. The van der Waals surface area contributed by atoms with Crippen molar-refractivity contribution in [1.82, 2.24) is 0 Å². The van der Waals surface area contributed by atoms with Gasteiger partial charge in [0.1, 0.15) is 11.5 Å². The zero-order valence-corrected chi connectivity index (χ0v) is 12.9. The number of ether oxygens (including phenoxy) is 2. The van der Waals surface area contributed by atoms with Crippen LogP contribution in [-0.4, -0.2) is 12.6 Å². The molecule has 0 fully saturated rings. The Morgan fingerprint density at radius 1 is 1.09 bits per heavy atom. The SMILES string of the molecule is CCCOc1ccccc1/C=C/C(=O)Oc1ccc(C)cc1. The smallest absolute Gasteiger partial charge is 0.336 e. The Kier molecular flexibility index (Phi) is 5.78. The first-order valence-corrected chi connectivity index (χ1v) is 7.37. The Hall–Kier alpha value is -2.55. The van der Waals surface area contributed by atoms with Crippen molar-refractivity contribution in [3.05, 3.63) is 65.7 Å². The third-order valence-corrected chi connectivity index (χ3v) is 3.02. The van der Waals surface area contributed by atoms with Crippen molar-refractivity contribution in [3.8, 4) is 11.5 Å². The van der Waals surface area contributed by atoms with E-state index in [4.69, 9.17) is 9.47 Å². The van der Waals surface area contributed by atoms with Crippen LogP contribution in [0, 0.1) is 6.92 Å². The van der Waals surface area contributed by atoms with Crippen molar-refractivity contribution < 1.29 is 14.3 Å². The number of carbonyl (C=O) groups excluding carboxylic acids is 1. The molecule has 2 rings (SSSR count). The summed E-state index contributed by atoms with van der Waals surface area (Å²) in [5.74, 6) is 0.897. The highest BCUT2D eigenvalue weighted by atomic mass is 16.5. The summed E-state index contributed by atoms with van der Waals surface area (Å²) >= 11 is 0. The number of hydrogen-bond donors (Lipinski definition) is 0. The van der Waals surface area contributed by atoms with E-state index in [-0.39, 0.29) is 0 Å². The molecule has 0 N–H and O–H groups in total. The van der Waals surface area contributed by atoms with Crippen LogP contribution in [0.15, 0.2) is 54.6 Å². The van der Waals surface area contributed by atoms with E-state index in [1.165, 1.54) is 6.08 Å². The van der Waals surface area contributed by atoms with Crippen LogP contribution in [0.5, 0.6) is 11.5 Å². The van der Waals surface area contributed by atoms with Crippen LogP contribution in [0.4, 0.5) is 0 Å². The average molecular weight is 296 g/mol. The van der Waals surface area contributed by atoms with Gasteiger partial charge in [-0.2, -0.15) is 0 Å². The fourth-order valence-corrected chi connectivity index (χ4v) is 1.88. The van der Waals surface area contributed by atoms with E-state index in [1.54, 1.807) is 18.2 Å². The average Bonchev–Trinajstić information content (AvgIpc) is 2.54. The molecule has 0 aliphatic carbocycles. The highest BCUT2D eigenvalue weighted by Crippen LogP contribution is 2.20. The van der Waals surface area contributed by atoms with E-state index in [2.05, 4.69) is 6.92 Å². The van der Waals surface area contributed by atoms with E-state index in [0.717, 1.165) is 23.3 Å². The summed E-state index contributed by atoms with van der Waals surface area (Å²) in [6.07, 6.45) is 4.06. The molecule has 0 aliphatic rings. The molecule has 0 bridgehead atoms. The molecule has 0 saturated heterocycles. The van der Waals surface area contributed by atoms with E-state index in [1.807, 2.05) is 43.3 Å². The number of carbonyl (C=O) groups is 1. The second-order valence-electron chi connectivity index (χ2n) is 4.95. The molecule has 0 aliphatic heterocycles. The van der Waals surface area contributed by atoms with Gasteiger partial charge in [-0.05, 0) is 37.6 Å².